The Kier molecular flexibility index (Phi) is 5.66. The van der Waals surface area contributed by atoms with Crippen molar-refractivity contribution in [2.75, 3.05) is 13.2 Å². The lowest BCUT2D eigenvalue weighted by Crippen LogP contribution is -2.15. The van der Waals surface area contributed by atoms with Crippen molar-refractivity contribution in [3.05, 3.63) is 64.2 Å². The van der Waals surface area contributed by atoms with Gasteiger partial charge in [-0.05, 0) is 61.7 Å². The Balaban J connectivity index is 2.19. The predicted octanol–water partition coefficient (Wildman–Crippen LogP) is 4.33. The molecule has 2 nitrogen and oxygen atoms in total. The van der Waals surface area contributed by atoms with Crippen molar-refractivity contribution in [1.29, 1.82) is 0 Å². The maximum Gasteiger partial charge on any atom is 0.122 e. The van der Waals surface area contributed by atoms with Crippen molar-refractivity contribution in [3.63, 3.8) is 0 Å². The fourth-order valence-corrected chi connectivity index (χ4v) is 2.74. The van der Waals surface area contributed by atoms with Gasteiger partial charge in [0, 0.05) is 10.9 Å². The Morgan fingerprint density at radius 1 is 1.19 bits per heavy atom. The van der Waals surface area contributed by atoms with Gasteiger partial charge in [0.25, 0.3) is 0 Å². The third-order valence-corrected chi connectivity index (χ3v) is 3.86. The highest BCUT2D eigenvalue weighted by atomic mass is 35.5. The smallest absolute Gasteiger partial charge is 0.122 e. The van der Waals surface area contributed by atoms with Gasteiger partial charge < -0.3 is 10.5 Å². The minimum Gasteiger partial charge on any atom is -0.494 e. The van der Waals surface area contributed by atoms with Gasteiger partial charge in [0.1, 0.15) is 5.75 Å². The molecule has 21 heavy (non-hydrogen) atoms. The summed E-state index contributed by atoms with van der Waals surface area (Å²) in [7, 11) is 0. The highest BCUT2D eigenvalue weighted by molar-refractivity contribution is 6.30. The lowest BCUT2D eigenvalue weighted by Gasteiger charge is -2.17. The molecular formula is C18H22ClNO. The predicted molar refractivity (Wildman–Crippen MR) is 89.3 cm³/mol. The number of ether oxygens (including phenoxy) is 1. The minimum absolute atomic E-state index is 0.290. The van der Waals surface area contributed by atoms with Crippen LogP contribution in [0.4, 0.5) is 0 Å². The van der Waals surface area contributed by atoms with Crippen LogP contribution < -0.4 is 10.5 Å². The van der Waals surface area contributed by atoms with Gasteiger partial charge >= 0.3 is 0 Å². The van der Waals surface area contributed by atoms with E-state index in [-0.39, 0.29) is 5.92 Å². The summed E-state index contributed by atoms with van der Waals surface area (Å²) >= 11 is 6.05. The van der Waals surface area contributed by atoms with E-state index in [0.29, 0.717) is 13.2 Å². The zero-order valence-corrected chi connectivity index (χ0v) is 13.4. The van der Waals surface area contributed by atoms with Crippen molar-refractivity contribution < 1.29 is 4.74 Å². The molecule has 1 unspecified atom stereocenters. The number of nitrogens with two attached hydrogens (primary N) is 1. The van der Waals surface area contributed by atoms with Crippen LogP contribution in [-0.2, 0) is 6.42 Å². The van der Waals surface area contributed by atoms with E-state index in [4.69, 9.17) is 22.1 Å². The summed E-state index contributed by atoms with van der Waals surface area (Å²) in [5, 5.41) is 0.770. The van der Waals surface area contributed by atoms with Gasteiger partial charge in [0.15, 0.2) is 0 Å². The van der Waals surface area contributed by atoms with Crippen LogP contribution >= 0.6 is 11.6 Å². The molecule has 3 heteroatoms. The monoisotopic (exact) mass is 303 g/mol. The Bertz CT molecular complexity index is 598. The first kappa shape index (κ1) is 15.9. The molecule has 0 heterocycles. The number of hydrogen-bond acceptors (Lipinski definition) is 2. The lowest BCUT2D eigenvalue weighted by molar-refractivity contribution is 0.337. The molecule has 0 aromatic heterocycles. The molecule has 2 aromatic rings. The summed E-state index contributed by atoms with van der Waals surface area (Å²) in [4.78, 5) is 0. The van der Waals surface area contributed by atoms with Gasteiger partial charge in [-0.25, -0.2) is 0 Å². The van der Waals surface area contributed by atoms with Crippen molar-refractivity contribution in [2.45, 2.75) is 26.2 Å². The largest absolute Gasteiger partial charge is 0.494 e. The van der Waals surface area contributed by atoms with Crippen LogP contribution in [0.3, 0.4) is 0 Å². The molecule has 0 aliphatic rings. The second-order valence-corrected chi connectivity index (χ2v) is 5.66. The molecule has 0 saturated carbocycles. The molecule has 0 fully saturated rings. The number of benzene rings is 2. The Morgan fingerprint density at radius 3 is 2.62 bits per heavy atom. The third-order valence-electron chi connectivity index (χ3n) is 3.63. The van der Waals surface area contributed by atoms with Gasteiger partial charge in [0.2, 0.25) is 0 Å². The summed E-state index contributed by atoms with van der Waals surface area (Å²) < 4.78 is 5.59. The first-order valence-corrected chi connectivity index (χ1v) is 7.69. The molecule has 112 valence electrons. The van der Waals surface area contributed by atoms with E-state index in [0.717, 1.165) is 22.8 Å². The highest BCUT2D eigenvalue weighted by Crippen LogP contribution is 2.26. The standard InChI is InChI=1S/C18H22ClNO/c1-3-21-18-8-7-15(9-13(18)2)16(12-20)10-14-5-4-6-17(19)11-14/h4-9,11,16H,3,10,12,20H2,1-2H3. The molecule has 2 rings (SSSR count). The number of halogens is 1. The van der Waals surface area contributed by atoms with Crippen molar-refractivity contribution >= 4 is 11.6 Å². The van der Waals surface area contributed by atoms with Crippen molar-refractivity contribution in [2.24, 2.45) is 5.73 Å². The summed E-state index contributed by atoms with van der Waals surface area (Å²) in [5.41, 5.74) is 9.59. The Morgan fingerprint density at radius 2 is 2.00 bits per heavy atom. The highest BCUT2D eigenvalue weighted by Gasteiger charge is 2.12. The molecule has 0 radical (unpaired) electrons. The van der Waals surface area contributed by atoms with Crippen LogP contribution in [-0.4, -0.2) is 13.2 Å². The molecular weight excluding hydrogens is 282 g/mol. The van der Waals surface area contributed by atoms with E-state index < -0.39 is 0 Å². The zero-order valence-electron chi connectivity index (χ0n) is 12.6. The second-order valence-electron chi connectivity index (χ2n) is 5.22. The first-order chi connectivity index (χ1) is 10.1. The fraction of sp³-hybridized carbons (Fsp3) is 0.333. The average molecular weight is 304 g/mol. The quantitative estimate of drug-likeness (QED) is 0.862. The van der Waals surface area contributed by atoms with Crippen molar-refractivity contribution in [1.82, 2.24) is 0 Å². The molecule has 0 aliphatic carbocycles. The summed E-state index contributed by atoms with van der Waals surface area (Å²) in [6.45, 7) is 5.36. The van der Waals surface area contributed by atoms with E-state index in [1.54, 1.807) is 0 Å². The number of rotatable bonds is 6. The van der Waals surface area contributed by atoms with E-state index in [1.165, 1.54) is 11.1 Å². The topological polar surface area (TPSA) is 35.2 Å². The summed E-state index contributed by atoms with van der Waals surface area (Å²) in [6.07, 6.45) is 0.893. The SMILES string of the molecule is CCOc1ccc(C(CN)Cc2cccc(Cl)c2)cc1C. The number of aryl methyl sites for hydroxylation is 1. The third kappa shape index (κ3) is 4.23. The fourth-order valence-electron chi connectivity index (χ4n) is 2.53. The minimum atomic E-state index is 0.290. The normalized spacial score (nSPS) is 12.2. The van der Waals surface area contributed by atoms with Crippen LogP contribution in [0.25, 0.3) is 0 Å². The van der Waals surface area contributed by atoms with Gasteiger partial charge in [0.05, 0.1) is 6.61 Å². The van der Waals surface area contributed by atoms with Gasteiger partial charge in [-0.1, -0.05) is 35.9 Å². The lowest BCUT2D eigenvalue weighted by atomic mass is 9.91. The van der Waals surface area contributed by atoms with E-state index in [2.05, 4.69) is 25.1 Å². The van der Waals surface area contributed by atoms with E-state index in [9.17, 15) is 0 Å². The molecule has 0 amide bonds. The molecule has 0 bridgehead atoms. The Hall–Kier alpha value is -1.51. The second kappa shape index (κ2) is 7.48. The van der Waals surface area contributed by atoms with Gasteiger partial charge in [-0.3, -0.25) is 0 Å². The molecule has 2 N–H and O–H groups in total. The molecule has 1 atom stereocenters. The van der Waals surface area contributed by atoms with Gasteiger partial charge in [-0.2, -0.15) is 0 Å². The van der Waals surface area contributed by atoms with Crippen LogP contribution in [0, 0.1) is 6.92 Å². The van der Waals surface area contributed by atoms with Crippen LogP contribution in [0.5, 0.6) is 5.75 Å². The Labute approximate surface area is 131 Å². The van der Waals surface area contributed by atoms with Crippen LogP contribution in [0.2, 0.25) is 5.02 Å². The van der Waals surface area contributed by atoms with Crippen LogP contribution in [0.15, 0.2) is 42.5 Å². The number of hydrogen-bond donors (Lipinski definition) is 1. The van der Waals surface area contributed by atoms with E-state index in [1.807, 2.05) is 31.2 Å². The molecule has 0 aliphatic heterocycles. The first-order valence-electron chi connectivity index (χ1n) is 7.32. The van der Waals surface area contributed by atoms with Crippen molar-refractivity contribution in [3.8, 4) is 5.75 Å². The molecule has 2 aromatic carbocycles. The maximum absolute atomic E-state index is 6.05. The molecule has 0 saturated heterocycles. The van der Waals surface area contributed by atoms with E-state index >= 15 is 0 Å². The average Bonchev–Trinajstić information content (AvgIpc) is 2.47. The summed E-state index contributed by atoms with van der Waals surface area (Å²) in [5.74, 6) is 1.23. The van der Waals surface area contributed by atoms with Crippen LogP contribution in [0.1, 0.15) is 29.5 Å². The maximum atomic E-state index is 6.05. The molecule has 0 spiro atoms. The zero-order chi connectivity index (χ0) is 15.2. The van der Waals surface area contributed by atoms with Gasteiger partial charge in [-0.15, -0.1) is 0 Å². The summed E-state index contributed by atoms with van der Waals surface area (Å²) in [6, 6.07) is 14.3.